The van der Waals surface area contributed by atoms with Crippen molar-refractivity contribution < 1.29 is 14.3 Å². The third kappa shape index (κ3) is 2.46. The second-order valence-corrected chi connectivity index (χ2v) is 1.87. The molecule has 51 valence electrons. The fraction of sp³-hybridized carbons (Fsp3) is 0.667. The molecule has 1 fully saturated rings. The lowest BCUT2D eigenvalue weighted by molar-refractivity contribution is -0.139. The van der Waals surface area contributed by atoms with Gasteiger partial charge in [-0.15, -0.1) is 0 Å². The van der Waals surface area contributed by atoms with Gasteiger partial charge in [-0.2, -0.15) is 0 Å². The molecule has 1 aliphatic heterocycles. The van der Waals surface area contributed by atoms with Crippen LogP contribution in [-0.2, 0) is 14.3 Å². The van der Waals surface area contributed by atoms with Crippen molar-refractivity contribution in [3.05, 3.63) is 6.42 Å². The molecule has 1 saturated heterocycles. The zero-order valence-corrected chi connectivity index (χ0v) is 5.29. The lowest BCUT2D eigenvalue weighted by Gasteiger charge is -1.96. The summed E-state index contributed by atoms with van der Waals surface area (Å²) in [6.45, 7) is 2.79. The number of epoxide rings is 1. The Hall–Kier alpha value is -0.570. The van der Waals surface area contributed by atoms with E-state index in [2.05, 4.69) is 0 Å². The van der Waals surface area contributed by atoms with Gasteiger partial charge in [-0.1, -0.05) is 6.92 Å². The second kappa shape index (κ2) is 2.82. The van der Waals surface area contributed by atoms with E-state index in [1.807, 2.05) is 0 Å². The third-order valence-electron chi connectivity index (χ3n) is 1.05. The Morgan fingerprint density at radius 3 is 3.11 bits per heavy atom. The largest absolute Gasteiger partial charge is 0.463 e. The smallest absolute Gasteiger partial charge is 0.309 e. The van der Waals surface area contributed by atoms with Crippen LogP contribution in [0, 0.1) is 6.42 Å². The molecule has 0 aliphatic carbocycles. The van der Waals surface area contributed by atoms with E-state index in [4.69, 9.17) is 9.47 Å². The van der Waals surface area contributed by atoms with Crippen molar-refractivity contribution in [1.82, 2.24) is 0 Å². The van der Waals surface area contributed by atoms with Crippen LogP contribution < -0.4 is 0 Å². The highest BCUT2D eigenvalue weighted by atomic mass is 16.6. The van der Waals surface area contributed by atoms with E-state index >= 15 is 0 Å². The Bertz CT molecular complexity index is 107. The van der Waals surface area contributed by atoms with Crippen molar-refractivity contribution in [2.45, 2.75) is 13.0 Å². The summed E-state index contributed by atoms with van der Waals surface area (Å²) in [6, 6.07) is 0. The summed E-state index contributed by atoms with van der Waals surface area (Å²) >= 11 is 0. The molecule has 0 aromatic rings. The average molecular weight is 129 g/mol. The average Bonchev–Trinajstić information content (AvgIpc) is 2.65. The number of esters is 1. The monoisotopic (exact) mass is 129 g/mol. The molecule has 0 N–H and O–H groups in total. The summed E-state index contributed by atoms with van der Waals surface area (Å²) in [6.07, 6.45) is 1.57. The fourth-order valence-corrected chi connectivity index (χ4v) is 0.423. The van der Waals surface area contributed by atoms with Gasteiger partial charge in [0.1, 0.15) is 12.7 Å². The molecule has 1 radical (unpaired) electrons. The molecule has 0 aromatic heterocycles. The predicted octanol–water partition coefficient (Wildman–Crippen LogP) is 0.153. The van der Waals surface area contributed by atoms with Crippen molar-refractivity contribution in [3.8, 4) is 0 Å². The highest BCUT2D eigenvalue weighted by Gasteiger charge is 2.23. The van der Waals surface area contributed by atoms with E-state index in [9.17, 15) is 4.79 Å². The summed E-state index contributed by atoms with van der Waals surface area (Å²) in [5.41, 5.74) is 0. The van der Waals surface area contributed by atoms with E-state index in [1.54, 1.807) is 6.92 Å². The fourth-order valence-electron chi connectivity index (χ4n) is 0.423. The first kappa shape index (κ1) is 6.55. The van der Waals surface area contributed by atoms with Crippen molar-refractivity contribution in [3.63, 3.8) is 0 Å². The van der Waals surface area contributed by atoms with Crippen LogP contribution in [0.5, 0.6) is 0 Å². The maximum Gasteiger partial charge on any atom is 0.309 e. The van der Waals surface area contributed by atoms with Gasteiger partial charge in [0.2, 0.25) is 0 Å². The van der Waals surface area contributed by atoms with E-state index in [0.29, 0.717) is 6.61 Å². The summed E-state index contributed by atoms with van der Waals surface area (Å²) in [7, 11) is 0. The summed E-state index contributed by atoms with van der Waals surface area (Å²) in [5, 5.41) is 0. The number of hydrogen-bond acceptors (Lipinski definition) is 3. The van der Waals surface area contributed by atoms with Gasteiger partial charge in [0, 0.05) is 0 Å². The maximum absolute atomic E-state index is 10.4. The molecule has 0 spiro atoms. The van der Waals surface area contributed by atoms with Gasteiger partial charge in [-0.25, -0.2) is 0 Å². The molecular formula is C6H9O3. The molecule has 1 rings (SSSR count). The van der Waals surface area contributed by atoms with Gasteiger partial charge in [0.05, 0.1) is 13.0 Å². The van der Waals surface area contributed by atoms with Crippen LogP contribution in [0.15, 0.2) is 0 Å². The van der Waals surface area contributed by atoms with Crippen LogP contribution in [0.4, 0.5) is 0 Å². The highest BCUT2D eigenvalue weighted by Crippen LogP contribution is 2.08. The van der Waals surface area contributed by atoms with E-state index in [1.165, 1.54) is 6.42 Å². The quantitative estimate of drug-likeness (QED) is 0.402. The van der Waals surface area contributed by atoms with Gasteiger partial charge >= 0.3 is 5.97 Å². The number of ether oxygens (including phenoxy) is 2. The van der Waals surface area contributed by atoms with Gasteiger partial charge < -0.3 is 9.47 Å². The van der Waals surface area contributed by atoms with Crippen LogP contribution in [0.2, 0.25) is 0 Å². The SMILES string of the molecule is C[CH]C(=O)OCC1CO1. The van der Waals surface area contributed by atoms with E-state index in [-0.39, 0.29) is 12.1 Å². The topological polar surface area (TPSA) is 38.8 Å². The lowest BCUT2D eigenvalue weighted by atomic mass is 10.5. The molecule has 9 heavy (non-hydrogen) atoms. The van der Waals surface area contributed by atoms with Crippen LogP contribution in [-0.4, -0.2) is 25.3 Å². The number of carbonyl (C=O) groups is 1. The first-order chi connectivity index (χ1) is 4.33. The first-order valence-corrected chi connectivity index (χ1v) is 2.90. The zero-order valence-electron chi connectivity index (χ0n) is 5.29. The van der Waals surface area contributed by atoms with Gasteiger partial charge in [-0.3, -0.25) is 4.79 Å². The second-order valence-electron chi connectivity index (χ2n) is 1.87. The highest BCUT2D eigenvalue weighted by molar-refractivity contribution is 5.78. The van der Waals surface area contributed by atoms with E-state index in [0.717, 1.165) is 6.61 Å². The Labute approximate surface area is 53.9 Å². The molecule has 1 atom stereocenters. The molecule has 0 aromatic carbocycles. The Morgan fingerprint density at radius 2 is 2.67 bits per heavy atom. The minimum atomic E-state index is -0.273. The molecule has 3 nitrogen and oxygen atoms in total. The number of carbonyl (C=O) groups excluding carboxylic acids is 1. The Morgan fingerprint density at radius 1 is 2.00 bits per heavy atom. The van der Waals surface area contributed by atoms with Crippen LogP contribution in [0.25, 0.3) is 0 Å². The molecule has 3 heteroatoms. The van der Waals surface area contributed by atoms with Gasteiger partial charge in [0.25, 0.3) is 0 Å². The minimum Gasteiger partial charge on any atom is -0.463 e. The first-order valence-electron chi connectivity index (χ1n) is 2.90. The Balaban J connectivity index is 1.96. The third-order valence-corrected chi connectivity index (χ3v) is 1.05. The number of rotatable bonds is 3. The van der Waals surface area contributed by atoms with Crippen LogP contribution in [0.3, 0.4) is 0 Å². The molecule has 1 aliphatic rings. The predicted molar refractivity (Wildman–Crippen MR) is 30.7 cm³/mol. The molecule has 0 bridgehead atoms. The van der Waals surface area contributed by atoms with Crippen molar-refractivity contribution in [1.29, 1.82) is 0 Å². The van der Waals surface area contributed by atoms with Crippen molar-refractivity contribution in [2.75, 3.05) is 13.2 Å². The minimum absolute atomic E-state index is 0.175. The normalized spacial score (nSPS) is 23.4. The van der Waals surface area contributed by atoms with Gasteiger partial charge in [-0.05, 0) is 0 Å². The standard InChI is InChI=1S/C6H9O3/c1-2-6(7)9-4-5-3-8-5/h2,5H,3-4H2,1H3. The molecule has 1 unspecified atom stereocenters. The zero-order chi connectivity index (χ0) is 6.69. The van der Waals surface area contributed by atoms with Crippen LogP contribution >= 0.6 is 0 Å². The summed E-state index contributed by atoms with van der Waals surface area (Å²) < 4.78 is 9.51. The van der Waals surface area contributed by atoms with Crippen LogP contribution in [0.1, 0.15) is 6.92 Å². The number of hydrogen-bond donors (Lipinski definition) is 0. The molecule has 0 amide bonds. The summed E-state index contributed by atoms with van der Waals surface area (Å²) in [4.78, 5) is 10.4. The summed E-state index contributed by atoms with van der Waals surface area (Å²) in [5.74, 6) is -0.273. The lowest BCUT2D eigenvalue weighted by Crippen LogP contribution is -2.08. The van der Waals surface area contributed by atoms with E-state index < -0.39 is 0 Å². The van der Waals surface area contributed by atoms with Gasteiger partial charge in [0.15, 0.2) is 0 Å². The van der Waals surface area contributed by atoms with Crippen molar-refractivity contribution >= 4 is 5.97 Å². The molecule has 1 heterocycles. The molecule has 0 saturated carbocycles. The maximum atomic E-state index is 10.4. The Kier molecular flexibility index (Phi) is 2.05. The molecular weight excluding hydrogens is 120 g/mol. The van der Waals surface area contributed by atoms with Crippen molar-refractivity contribution in [2.24, 2.45) is 0 Å².